The third-order valence-electron chi connectivity index (χ3n) is 6.32. The number of amides is 1. The highest BCUT2D eigenvalue weighted by Gasteiger charge is 2.23. The molecule has 1 amide bonds. The van der Waals surface area contributed by atoms with Gasteiger partial charge in [0.05, 0.1) is 12.2 Å². The van der Waals surface area contributed by atoms with Crippen LogP contribution in [0.1, 0.15) is 38.4 Å². The molecule has 174 valence electrons. The van der Waals surface area contributed by atoms with Crippen molar-refractivity contribution in [1.29, 1.82) is 0 Å². The van der Waals surface area contributed by atoms with E-state index < -0.39 is 0 Å². The van der Waals surface area contributed by atoms with E-state index in [1.165, 1.54) is 0 Å². The average molecular weight is 459 g/mol. The Morgan fingerprint density at radius 2 is 1.88 bits per heavy atom. The molecule has 0 aliphatic carbocycles. The van der Waals surface area contributed by atoms with Crippen LogP contribution in [0.25, 0.3) is 33.4 Å². The van der Waals surface area contributed by atoms with Crippen LogP contribution in [-0.4, -0.2) is 49.4 Å². The predicted octanol–water partition coefficient (Wildman–Crippen LogP) is 3.65. The fourth-order valence-corrected chi connectivity index (χ4v) is 4.47. The molecule has 0 saturated carbocycles. The number of piperidine rings is 1. The Morgan fingerprint density at radius 3 is 2.56 bits per heavy atom. The van der Waals surface area contributed by atoms with E-state index >= 15 is 0 Å². The van der Waals surface area contributed by atoms with Gasteiger partial charge in [-0.1, -0.05) is 0 Å². The summed E-state index contributed by atoms with van der Waals surface area (Å²) in [6.45, 7) is 4.64. The Labute approximate surface area is 196 Å². The summed E-state index contributed by atoms with van der Waals surface area (Å²) in [5.74, 6) is 1.13. The van der Waals surface area contributed by atoms with E-state index in [4.69, 9.17) is 10.2 Å². The van der Waals surface area contributed by atoms with E-state index in [1.807, 2.05) is 40.2 Å². The molecule has 4 aromatic heterocycles. The minimum absolute atomic E-state index is 0.0671. The smallest absolute Gasteiger partial charge is 0.219 e. The van der Waals surface area contributed by atoms with Crippen molar-refractivity contribution in [2.24, 2.45) is 0 Å². The van der Waals surface area contributed by atoms with Crippen molar-refractivity contribution in [3.05, 3.63) is 48.7 Å². The van der Waals surface area contributed by atoms with E-state index in [0.29, 0.717) is 23.6 Å². The Balaban J connectivity index is 1.44. The number of carbonyl (C=O) groups is 2. The molecule has 0 bridgehead atoms. The van der Waals surface area contributed by atoms with Gasteiger partial charge < -0.3 is 15.1 Å². The molecule has 0 atom stereocenters. The molecule has 1 saturated heterocycles. The van der Waals surface area contributed by atoms with Crippen molar-refractivity contribution >= 4 is 28.5 Å². The van der Waals surface area contributed by atoms with Crippen LogP contribution in [0, 0.1) is 0 Å². The van der Waals surface area contributed by atoms with Gasteiger partial charge in [0.1, 0.15) is 11.5 Å². The fraction of sp³-hybridized carbons (Fsp3) is 0.320. The van der Waals surface area contributed by atoms with Crippen molar-refractivity contribution in [3.63, 3.8) is 0 Å². The molecule has 9 nitrogen and oxygen atoms in total. The Morgan fingerprint density at radius 1 is 1.09 bits per heavy atom. The number of anilines is 1. The lowest BCUT2D eigenvalue weighted by atomic mass is 10.0. The number of ketones is 1. The molecule has 9 heteroatoms. The van der Waals surface area contributed by atoms with Gasteiger partial charge in [-0.25, -0.2) is 4.98 Å². The lowest BCUT2D eigenvalue weighted by molar-refractivity contribution is -0.130. The largest absolute Gasteiger partial charge is 0.452 e. The number of fused-ring (bicyclic) bond motifs is 1. The zero-order valence-electron chi connectivity index (χ0n) is 19.2. The van der Waals surface area contributed by atoms with E-state index in [-0.39, 0.29) is 17.7 Å². The molecule has 0 spiro atoms. The number of nitrogens with zero attached hydrogens (tertiary/aromatic N) is 5. The van der Waals surface area contributed by atoms with Crippen LogP contribution in [0.3, 0.4) is 0 Å². The van der Waals surface area contributed by atoms with E-state index in [2.05, 4.69) is 15.1 Å². The van der Waals surface area contributed by atoms with Gasteiger partial charge in [-0.05, 0) is 38.0 Å². The summed E-state index contributed by atoms with van der Waals surface area (Å²) in [6, 6.07) is 5.90. The maximum Gasteiger partial charge on any atom is 0.219 e. The number of Topliss-reactive ketones (excluding diaryl/α,β-unsaturated/α-hetero) is 1. The molecule has 0 unspecified atom stereocenters. The van der Waals surface area contributed by atoms with Crippen LogP contribution in [0.15, 0.2) is 47.4 Å². The van der Waals surface area contributed by atoms with Crippen LogP contribution in [0.4, 0.5) is 5.82 Å². The van der Waals surface area contributed by atoms with Gasteiger partial charge in [0.25, 0.3) is 0 Å². The summed E-state index contributed by atoms with van der Waals surface area (Å²) in [7, 11) is 0. The first-order valence-corrected chi connectivity index (χ1v) is 11.3. The first kappa shape index (κ1) is 21.8. The average Bonchev–Trinajstić information content (AvgIpc) is 3.48. The third-order valence-corrected chi connectivity index (χ3v) is 6.32. The molecular formula is C25H26N6O3. The highest BCUT2D eigenvalue weighted by Crippen LogP contribution is 2.37. The molecule has 0 radical (unpaired) electrons. The van der Waals surface area contributed by atoms with E-state index in [1.54, 1.807) is 26.2 Å². The van der Waals surface area contributed by atoms with Crippen molar-refractivity contribution in [3.8, 4) is 22.5 Å². The quantitative estimate of drug-likeness (QED) is 0.485. The van der Waals surface area contributed by atoms with Crippen molar-refractivity contribution in [1.82, 2.24) is 24.6 Å². The molecule has 34 heavy (non-hydrogen) atoms. The van der Waals surface area contributed by atoms with Gasteiger partial charge in [0, 0.05) is 72.8 Å². The zero-order chi connectivity index (χ0) is 23.8. The summed E-state index contributed by atoms with van der Waals surface area (Å²) in [5, 5.41) is 5.45. The normalized spacial score (nSPS) is 14.6. The Bertz CT molecular complexity index is 1360. The third kappa shape index (κ3) is 4.16. The maximum absolute atomic E-state index is 11.6. The van der Waals surface area contributed by atoms with Crippen LogP contribution in [-0.2, 0) is 16.0 Å². The number of nitrogen functional groups attached to an aromatic ring is 1. The molecule has 1 fully saturated rings. The molecule has 5 heterocycles. The van der Waals surface area contributed by atoms with E-state index in [9.17, 15) is 9.59 Å². The minimum atomic E-state index is 0.0671. The van der Waals surface area contributed by atoms with Crippen molar-refractivity contribution in [2.75, 3.05) is 18.8 Å². The minimum Gasteiger partial charge on any atom is -0.452 e. The lowest BCUT2D eigenvalue weighted by Crippen LogP contribution is -2.37. The lowest BCUT2D eigenvalue weighted by Gasteiger charge is -2.31. The van der Waals surface area contributed by atoms with Gasteiger partial charge in [-0.2, -0.15) is 5.10 Å². The maximum atomic E-state index is 11.6. The number of hydrogen-bond donors (Lipinski definition) is 1. The monoisotopic (exact) mass is 458 g/mol. The van der Waals surface area contributed by atoms with Crippen LogP contribution < -0.4 is 5.73 Å². The first-order valence-electron chi connectivity index (χ1n) is 11.3. The second kappa shape index (κ2) is 8.74. The molecule has 2 N–H and O–H groups in total. The van der Waals surface area contributed by atoms with Crippen LogP contribution >= 0.6 is 0 Å². The Kier molecular flexibility index (Phi) is 5.61. The number of aromatic nitrogens is 4. The molecular weight excluding hydrogens is 432 g/mol. The topological polar surface area (TPSA) is 120 Å². The number of hydrogen-bond acceptors (Lipinski definition) is 7. The van der Waals surface area contributed by atoms with Gasteiger partial charge in [-0.15, -0.1) is 0 Å². The van der Waals surface area contributed by atoms with Crippen molar-refractivity contribution < 1.29 is 14.0 Å². The summed E-state index contributed by atoms with van der Waals surface area (Å²) in [5.41, 5.74) is 9.96. The SMILES string of the molecule is CC(=O)Cc1ccc(-c2cc3c(-c4cnn(C5CCN(C(C)=O)CC5)c4)cnc(N)c3o2)cn1. The molecule has 4 aromatic rings. The second-order valence-electron chi connectivity index (χ2n) is 8.77. The van der Waals surface area contributed by atoms with Gasteiger partial charge >= 0.3 is 0 Å². The Hall–Kier alpha value is -4.01. The summed E-state index contributed by atoms with van der Waals surface area (Å²) in [4.78, 5) is 33.5. The summed E-state index contributed by atoms with van der Waals surface area (Å²) in [6.07, 6.45) is 9.34. The van der Waals surface area contributed by atoms with Gasteiger partial charge in [-0.3, -0.25) is 19.3 Å². The molecule has 1 aliphatic heterocycles. The summed E-state index contributed by atoms with van der Waals surface area (Å²) >= 11 is 0. The van der Waals surface area contributed by atoms with Crippen LogP contribution in [0.2, 0.25) is 0 Å². The number of nitrogens with two attached hydrogens (primary N) is 1. The predicted molar refractivity (Wildman–Crippen MR) is 128 cm³/mol. The number of carbonyl (C=O) groups excluding carboxylic acids is 2. The molecule has 5 rings (SSSR count). The molecule has 1 aliphatic rings. The molecule has 0 aromatic carbocycles. The van der Waals surface area contributed by atoms with E-state index in [0.717, 1.165) is 53.7 Å². The highest BCUT2D eigenvalue weighted by molar-refractivity contribution is 6.00. The standard InChI is InChI=1S/C25H26N6O3/c1-15(32)9-19-4-3-17(11-27-19)23-10-21-22(13-28-25(26)24(21)34-23)18-12-29-31(14-18)20-5-7-30(8-6-20)16(2)33/h3-4,10-14,20H,5-9H2,1-2H3,(H2,26,28). The number of likely N-dealkylation sites (tertiary alicyclic amines) is 1. The van der Waals surface area contributed by atoms with Gasteiger partial charge in [0.2, 0.25) is 5.91 Å². The first-order chi connectivity index (χ1) is 16.4. The fourth-order valence-electron chi connectivity index (χ4n) is 4.47. The highest BCUT2D eigenvalue weighted by atomic mass is 16.3. The second-order valence-corrected chi connectivity index (χ2v) is 8.77. The van der Waals surface area contributed by atoms with Crippen molar-refractivity contribution in [2.45, 2.75) is 39.2 Å². The zero-order valence-corrected chi connectivity index (χ0v) is 19.2. The summed E-state index contributed by atoms with van der Waals surface area (Å²) < 4.78 is 8.05. The number of furan rings is 1. The van der Waals surface area contributed by atoms with Crippen LogP contribution in [0.5, 0.6) is 0 Å². The van der Waals surface area contributed by atoms with Gasteiger partial charge in [0.15, 0.2) is 11.4 Å². The number of rotatable bonds is 5. The number of pyridine rings is 2.